The van der Waals surface area contributed by atoms with Gasteiger partial charge in [0.05, 0.1) is 42.2 Å². The van der Waals surface area contributed by atoms with Crippen LogP contribution in [0.4, 0.5) is 49.1 Å². The van der Waals surface area contributed by atoms with Gasteiger partial charge in [0.15, 0.2) is 0 Å². The fraction of sp³-hybridized carbons (Fsp3) is 0.143. The molecular formula is C14H4Br2ClF6N3O4. The lowest BCUT2D eigenvalue weighted by molar-refractivity contribution is -0.394. The Morgan fingerprint density at radius 3 is 1.83 bits per heavy atom. The van der Waals surface area contributed by atoms with E-state index in [1.54, 1.807) is 0 Å². The summed E-state index contributed by atoms with van der Waals surface area (Å²) in [6.07, 6.45) is -10.2. The lowest BCUT2D eigenvalue weighted by Crippen LogP contribution is -2.13. The number of hydrogen-bond donors (Lipinski definition) is 1. The second-order valence-corrected chi connectivity index (χ2v) is 7.46. The van der Waals surface area contributed by atoms with Gasteiger partial charge in [0.1, 0.15) is 5.69 Å². The molecule has 162 valence electrons. The van der Waals surface area contributed by atoms with Crippen molar-refractivity contribution in [2.45, 2.75) is 12.4 Å². The minimum atomic E-state index is -5.29. The smallest absolute Gasteiger partial charge is 0.347 e. The van der Waals surface area contributed by atoms with Crippen LogP contribution in [0.1, 0.15) is 11.1 Å². The van der Waals surface area contributed by atoms with Gasteiger partial charge in [-0.25, -0.2) is 0 Å². The van der Waals surface area contributed by atoms with E-state index in [1.807, 2.05) is 5.32 Å². The highest BCUT2D eigenvalue weighted by atomic mass is 79.9. The van der Waals surface area contributed by atoms with Gasteiger partial charge in [0.25, 0.3) is 11.4 Å². The van der Waals surface area contributed by atoms with Gasteiger partial charge < -0.3 is 5.32 Å². The summed E-state index contributed by atoms with van der Waals surface area (Å²) in [5, 5.41) is 23.4. The van der Waals surface area contributed by atoms with Crippen LogP contribution in [0.2, 0.25) is 5.02 Å². The number of non-ortho nitro benzene ring substituents is 1. The number of benzene rings is 2. The quantitative estimate of drug-likeness (QED) is 0.173. The fourth-order valence-corrected chi connectivity index (χ4v) is 3.69. The van der Waals surface area contributed by atoms with Crippen LogP contribution >= 0.6 is 43.5 Å². The Bertz CT molecular complexity index is 1060. The summed E-state index contributed by atoms with van der Waals surface area (Å²) in [6, 6.07) is 0.817. The number of nitrogens with one attached hydrogen (secondary N) is 1. The van der Waals surface area contributed by atoms with E-state index in [-0.39, 0.29) is 12.1 Å². The lowest BCUT2D eigenvalue weighted by Gasteiger charge is -2.19. The summed E-state index contributed by atoms with van der Waals surface area (Å²) in [5.74, 6) is 0. The van der Waals surface area contributed by atoms with Gasteiger partial charge in [-0.15, -0.1) is 0 Å². The maximum Gasteiger partial charge on any atom is 0.418 e. The number of halogens is 9. The summed E-state index contributed by atoms with van der Waals surface area (Å²) >= 11 is 11.2. The lowest BCUT2D eigenvalue weighted by atomic mass is 10.1. The van der Waals surface area contributed by atoms with Crippen molar-refractivity contribution in [1.29, 1.82) is 0 Å². The molecule has 30 heavy (non-hydrogen) atoms. The largest absolute Gasteiger partial charge is 0.418 e. The zero-order chi connectivity index (χ0) is 23.2. The van der Waals surface area contributed by atoms with Gasteiger partial charge in [-0.3, -0.25) is 20.2 Å². The number of nitro benzene ring substituents is 2. The SMILES string of the molecule is O=[N+]([O-])c1cc([N+](=O)[O-])c(Nc2c(Br)cc(C(F)(F)F)c(Br)c2Cl)c(C(F)(F)F)c1. The molecule has 0 saturated heterocycles. The highest BCUT2D eigenvalue weighted by Crippen LogP contribution is 2.49. The van der Waals surface area contributed by atoms with Crippen LogP contribution in [0, 0.1) is 20.2 Å². The molecule has 0 heterocycles. The summed E-state index contributed by atoms with van der Waals surface area (Å²) in [5.41, 5.74) is -7.42. The predicted molar refractivity (Wildman–Crippen MR) is 99.9 cm³/mol. The van der Waals surface area contributed by atoms with E-state index in [1.165, 1.54) is 0 Å². The molecule has 7 nitrogen and oxygen atoms in total. The third kappa shape index (κ3) is 4.78. The van der Waals surface area contributed by atoms with Gasteiger partial charge in [0, 0.05) is 10.5 Å². The van der Waals surface area contributed by atoms with Crippen molar-refractivity contribution in [2.75, 3.05) is 5.32 Å². The molecule has 0 spiro atoms. The van der Waals surface area contributed by atoms with Crippen LogP contribution in [-0.2, 0) is 12.4 Å². The Morgan fingerprint density at radius 1 is 0.867 bits per heavy atom. The first-order valence-corrected chi connectivity index (χ1v) is 9.07. The van der Waals surface area contributed by atoms with Crippen molar-refractivity contribution in [2.24, 2.45) is 0 Å². The van der Waals surface area contributed by atoms with Gasteiger partial charge >= 0.3 is 12.4 Å². The molecule has 0 fully saturated rings. The standard InChI is InChI=1S/C14H4Br2ClF6N3O4/c15-7-3-5(13(18,19)20)9(16)10(17)12(7)24-11-6(14(21,22)23)1-4(25(27)28)2-8(11)26(29)30/h1-3,24H. The van der Waals surface area contributed by atoms with Gasteiger partial charge in [0.2, 0.25) is 0 Å². The van der Waals surface area contributed by atoms with E-state index < -0.39 is 70.0 Å². The van der Waals surface area contributed by atoms with Crippen LogP contribution < -0.4 is 5.32 Å². The summed E-state index contributed by atoms with van der Waals surface area (Å²) in [6.45, 7) is 0. The van der Waals surface area contributed by atoms with Crippen LogP contribution in [-0.4, -0.2) is 9.85 Å². The average molecular weight is 587 g/mol. The molecule has 0 aliphatic heterocycles. The van der Waals surface area contributed by atoms with Gasteiger partial charge in [-0.1, -0.05) is 11.6 Å². The molecule has 0 saturated carbocycles. The molecule has 1 N–H and O–H groups in total. The highest BCUT2D eigenvalue weighted by molar-refractivity contribution is 9.11. The Kier molecular flexibility index (Phi) is 6.59. The van der Waals surface area contributed by atoms with Crippen LogP contribution in [0.5, 0.6) is 0 Å². The fourth-order valence-electron chi connectivity index (χ4n) is 2.26. The Labute approximate surface area is 183 Å². The molecule has 0 aromatic heterocycles. The second-order valence-electron chi connectivity index (χ2n) is 5.43. The predicted octanol–water partition coefficient (Wildman–Crippen LogP) is 7.46. The molecular weight excluding hydrogens is 583 g/mol. The van der Waals surface area contributed by atoms with E-state index in [2.05, 4.69) is 31.9 Å². The van der Waals surface area contributed by atoms with Crippen molar-refractivity contribution in [1.82, 2.24) is 0 Å². The van der Waals surface area contributed by atoms with Crippen LogP contribution in [0.25, 0.3) is 0 Å². The molecule has 0 radical (unpaired) electrons. The third-order valence-electron chi connectivity index (χ3n) is 3.53. The topological polar surface area (TPSA) is 98.3 Å². The van der Waals surface area contributed by atoms with Crippen molar-refractivity contribution >= 4 is 66.2 Å². The number of rotatable bonds is 4. The van der Waals surface area contributed by atoms with Gasteiger partial charge in [-0.05, 0) is 37.9 Å². The number of hydrogen-bond acceptors (Lipinski definition) is 5. The first kappa shape index (κ1) is 24.1. The maximum atomic E-state index is 13.5. The molecule has 16 heteroatoms. The molecule has 0 atom stereocenters. The molecule has 2 aromatic carbocycles. The average Bonchev–Trinajstić information content (AvgIpc) is 2.59. The van der Waals surface area contributed by atoms with Crippen LogP contribution in [0.15, 0.2) is 27.1 Å². The number of alkyl halides is 6. The molecule has 0 bridgehead atoms. The minimum absolute atomic E-state index is 0.0519. The van der Waals surface area contributed by atoms with E-state index in [0.717, 1.165) is 0 Å². The molecule has 2 aromatic rings. The Balaban J connectivity index is 2.82. The number of anilines is 2. The summed E-state index contributed by atoms with van der Waals surface area (Å²) in [7, 11) is 0. The Morgan fingerprint density at radius 2 is 1.40 bits per heavy atom. The summed E-state index contributed by atoms with van der Waals surface area (Å²) < 4.78 is 78.3. The molecule has 0 aliphatic carbocycles. The molecule has 0 unspecified atom stereocenters. The van der Waals surface area contributed by atoms with E-state index in [4.69, 9.17) is 11.6 Å². The van der Waals surface area contributed by atoms with Crippen molar-refractivity contribution < 1.29 is 36.2 Å². The zero-order valence-corrected chi connectivity index (χ0v) is 17.6. The highest BCUT2D eigenvalue weighted by Gasteiger charge is 2.41. The molecule has 2 rings (SSSR count). The number of nitro groups is 2. The van der Waals surface area contributed by atoms with E-state index >= 15 is 0 Å². The Hall–Kier alpha value is -2.13. The van der Waals surface area contributed by atoms with E-state index in [9.17, 15) is 46.6 Å². The second kappa shape index (κ2) is 8.19. The molecule has 0 aliphatic rings. The van der Waals surface area contributed by atoms with Crippen molar-refractivity contribution in [3.8, 4) is 0 Å². The van der Waals surface area contributed by atoms with Crippen LogP contribution in [0.3, 0.4) is 0 Å². The maximum absolute atomic E-state index is 13.5. The zero-order valence-electron chi connectivity index (χ0n) is 13.7. The minimum Gasteiger partial charge on any atom is -0.347 e. The van der Waals surface area contributed by atoms with E-state index in [0.29, 0.717) is 6.07 Å². The molecule has 0 amide bonds. The first-order valence-electron chi connectivity index (χ1n) is 7.11. The third-order valence-corrected chi connectivity index (χ3v) is 5.58. The monoisotopic (exact) mass is 585 g/mol. The van der Waals surface area contributed by atoms with Crippen molar-refractivity contribution in [3.63, 3.8) is 0 Å². The first-order chi connectivity index (χ1) is 13.6. The van der Waals surface area contributed by atoms with Gasteiger partial charge in [-0.2, -0.15) is 26.3 Å². The van der Waals surface area contributed by atoms with Crippen molar-refractivity contribution in [3.05, 3.63) is 63.5 Å². The number of nitrogens with zero attached hydrogens (tertiary/aromatic N) is 2. The normalized spacial score (nSPS) is 12.0. The summed E-state index contributed by atoms with van der Waals surface area (Å²) in [4.78, 5) is 19.5.